The van der Waals surface area contributed by atoms with Crippen LogP contribution in [0.1, 0.15) is 19.0 Å². The molecule has 2 heterocycles. The number of aryl methyl sites for hydroxylation is 1. The van der Waals surface area contributed by atoms with Gasteiger partial charge >= 0.3 is 5.97 Å². The number of aliphatic carboxylic acids is 1. The maximum atomic E-state index is 11.4. The lowest BCUT2D eigenvalue weighted by atomic mass is 9.90. The van der Waals surface area contributed by atoms with Crippen molar-refractivity contribution in [2.24, 2.45) is 10.6 Å². The van der Waals surface area contributed by atoms with E-state index in [1.54, 1.807) is 18.7 Å². The molecule has 3 N–H and O–H groups in total. The summed E-state index contributed by atoms with van der Waals surface area (Å²) < 4.78 is 22.7. The highest BCUT2D eigenvalue weighted by Crippen LogP contribution is 2.37. The van der Waals surface area contributed by atoms with Crippen molar-refractivity contribution in [1.82, 2.24) is 4.98 Å². The van der Waals surface area contributed by atoms with Gasteiger partial charge in [0.05, 0.1) is 11.1 Å². The molecule has 0 radical (unpaired) electrons. The average molecular weight is 305 g/mol. The molecule has 1 unspecified atom stereocenters. The fourth-order valence-electron chi connectivity index (χ4n) is 2.07. The summed E-state index contributed by atoms with van der Waals surface area (Å²) >= 11 is 0.985. The molecule has 19 heavy (non-hydrogen) atoms. The molecule has 0 amide bonds. The van der Waals surface area contributed by atoms with Crippen LogP contribution in [-0.4, -0.2) is 37.6 Å². The third-order valence-electron chi connectivity index (χ3n) is 3.26. The molecule has 9 heteroatoms. The number of carboxylic acids is 1. The topological polar surface area (TPSA) is 114 Å². The van der Waals surface area contributed by atoms with E-state index in [-0.39, 0.29) is 4.21 Å². The zero-order valence-electron chi connectivity index (χ0n) is 10.6. The van der Waals surface area contributed by atoms with Crippen LogP contribution in [0.3, 0.4) is 0 Å². The monoisotopic (exact) mass is 305 g/mol. The van der Waals surface area contributed by atoms with Crippen molar-refractivity contribution in [1.29, 1.82) is 0 Å². The largest absolute Gasteiger partial charge is 0.481 e. The second kappa shape index (κ2) is 4.43. The molecule has 0 saturated carbocycles. The molecule has 1 aromatic heterocycles. The summed E-state index contributed by atoms with van der Waals surface area (Å²) in [5.74, 6) is -0.852. The van der Waals surface area contributed by atoms with E-state index in [4.69, 9.17) is 10.2 Å². The number of anilines is 1. The Hall–Kier alpha value is -1.19. The molecule has 1 aliphatic heterocycles. The van der Waals surface area contributed by atoms with Gasteiger partial charge in [0.25, 0.3) is 0 Å². The van der Waals surface area contributed by atoms with Crippen molar-refractivity contribution in [3.8, 4) is 0 Å². The zero-order chi connectivity index (χ0) is 14.4. The Bertz CT molecular complexity index is 625. The van der Waals surface area contributed by atoms with Crippen molar-refractivity contribution >= 4 is 32.5 Å². The van der Waals surface area contributed by atoms with E-state index in [1.165, 1.54) is 0 Å². The van der Waals surface area contributed by atoms with E-state index in [0.717, 1.165) is 11.3 Å². The van der Waals surface area contributed by atoms with Crippen LogP contribution in [0, 0.1) is 12.3 Å². The van der Waals surface area contributed by atoms with Crippen LogP contribution in [0.4, 0.5) is 5.13 Å². The molecule has 1 aliphatic rings. The van der Waals surface area contributed by atoms with Gasteiger partial charge in [-0.3, -0.25) is 4.79 Å². The summed E-state index contributed by atoms with van der Waals surface area (Å²) in [6, 6.07) is 0. The molecule has 0 spiro atoms. The van der Waals surface area contributed by atoms with Gasteiger partial charge in [0.2, 0.25) is 10.0 Å². The number of carbonyl (C=O) groups is 1. The quantitative estimate of drug-likeness (QED) is 0.835. The second-order valence-corrected chi connectivity index (χ2v) is 7.69. The smallest absolute Gasteiger partial charge is 0.311 e. The van der Waals surface area contributed by atoms with Crippen LogP contribution in [0.25, 0.3) is 0 Å². The molecule has 7 nitrogen and oxygen atoms in total. The maximum absolute atomic E-state index is 11.4. The van der Waals surface area contributed by atoms with Crippen molar-refractivity contribution < 1.29 is 18.3 Å². The average Bonchev–Trinajstić information content (AvgIpc) is 2.82. The first-order valence-corrected chi connectivity index (χ1v) is 7.98. The number of carboxylic acid groups (broad SMARTS) is 1. The SMILES string of the molecule is Cc1nc(N2CCC(C)(C(=O)O)C2)sc1S(N)(=O)=O. The van der Waals surface area contributed by atoms with Gasteiger partial charge < -0.3 is 10.0 Å². The highest BCUT2D eigenvalue weighted by atomic mass is 32.2. The van der Waals surface area contributed by atoms with E-state index in [2.05, 4.69) is 4.98 Å². The minimum Gasteiger partial charge on any atom is -0.481 e. The Morgan fingerprint density at radius 1 is 1.58 bits per heavy atom. The fourth-order valence-corrected chi connectivity index (χ4v) is 4.04. The van der Waals surface area contributed by atoms with Gasteiger partial charge in [-0.1, -0.05) is 11.3 Å². The lowest BCUT2D eigenvalue weighted by Gasteiger charge is -2.19. The predicted molar refractivity (Wildman–Crippen MR) is 70.8 cm³/mol. The lowest BCUT2D eigenvalue weighted by molar-refractivity contribution is -0.146. The first kappa shape index (κ1) is 14.2. The van der Waals surface area contributed by atoms with Gasteiger partial charge in [-0.2, -0.15) is 0 Å². The van der Waals surface area contributed by atoms with Crippen molar-refractivity contribution in [3.05, 3.63) is 5.69 Å². The second-order valence-electron chi connectivity index (χ2n) is 4.95. The van der Waals surface area contributed by atoms with Gasteiger partial charge in [-0.15, -0.1) is 0 Å². The minimum atomic E-state index is -3.77. The summed E-state index contributed by atoms with van der Waals surface area (Å²) in [5, 5.41) is 14.8. The molecular weight excluding hydrogens is 290 g/mol. The highest BCUT2D eigenvalue weighted by molar-refractivity contribution is 7.91. The summed E-state index contributed by atoms with van der Waals surface area (Å²) in [7, 11) is -3.77. The van der Waals surface area contributed by atoms with Crippen molar-refractivity contribution in [3.63, 3.8) is 0 Å². The molecule has 106 valence electrons. The molecule has 0 bridgehead atoms. The Morgan fingerprint density at radius 2 is 2.21 bits per heavy atom. The zero-order valence-corrected chi connectivity index (χ0v) is 12.2. The van der Waals surface area contributed by atoms with E-state index in [9.17, 15) is 13.2 Å². The molecule has 1 fully saturated rings. The Kier molecular flexibility index (Phi) is 3.31. The van der Waals surface area contributed by atoms with Crippen LogP contribution in [0.5, 0.6) is 0 Å². The third kappa shape index (κ3) is 2.58. The van der Waals surface area contributed by atoms with Crippen molar-refractivity contribution in [2.75, 3.05) is 18.0 Å². The number of primary sulfonamides is 1. The van der Waals surface area contributed by atoms with E-state index < -0.39 is 21.4 Å². The van der Waals surface area contributed by atoms with E-state index in [0.29, 0.717) is 30.3 Å². The number of thiazole rings is 1. The van der Waals surface area contributed by atoms with Crippen LogP contribution in [-0.2, 0) is 14.8 Å². The molecule has 1 aromatic rings. The molecule has 2 rings (SSSR count). The third-order valence-corrected chi connectivity index (χ3v) is 6.03. The molecule has 1 saturated heterocycles. The normalized spacial score (nSPS) is 23.8. The number of nitrogens with two attached hydrogens (primary N) is 1. The van der Waals surface area contributed by atoms with Gasteiger partial charge in [0, 0.05) is 13.1 Å². The maximum Gasteiger partial charge on any atom is 0.311 e. The molecule has 0 aliphatic carbocycles. The predicted octanol–water partition coefficient (Wildman–Crippen LogP) is 0.400. The van der Waals surface area contributed by atoms with Crippen LogP contribution in [0.15, 0.2) is 4.21 Å². The number of nitrogens with zero attached hydrogens (tertiary/aromatic N) is 2. The first-order valence-electron chi connectivity index (χ1n) is 5.62. The minimum absolute atomic E-state index is 0.0337. The summed E-state index contributed by atoms with van der Waals surface area (Å²) in [4.78, 5) is 17.1. The molecular formula is C10H15N3O4S2. The summed E-state index contributed by atoms with van der Waals surface area (Å²) in [6.07, 6.45) is 0.506. The summed E-state index contributed by atoms with van der Waals surface area (Å²) in [6.45, 7) is 4.11. The number of hydrogen-bond acceptors (Lipinski definition) is 6. The van der Waals surface area contributed by atoms with Gasteiger partial charge in [-0.25, -0.2) is 18.5 Å². The molecule has 1 atom stereocenters. The Morgan fingerprint density at radius 3 is 2.63 bits per heavy atom. The van der Waals surface area contributed by atoms with E-state index in [1.807, 2.05) is 0 Å². The van der Waals surface area contributed by atoms with Gasteiger partial charge in [0.1, 0.15) is 0 Å². The number of rotatable bonds is 3. The van der Waals surface area contributed by atoms with Gasteiger partial charge in [0.15, 0.2) is 9.34 Å². The lowest BCUT2D eigenvalue weighted by Crippen LogP contribution is -2.31. The van der Waals surface area contributed by atoms with Gasteiger partial charge in [-0.05, 0) is 20.3 Å². The van der Waals surface area contributed by atoms with Crippen LogP contribution in [0.2, 0.25) is 0 Å². The number of aromatic nitrogens is 1. The number of hydrogen-bond donors (Lipinski definition) is 2. The van der Waals surface area contributed by atoms with E-state index >= 15 is 0 Å². The van der Waals surface area contributed by atoms with Crippen LogP contribution >= 0.6 is 11.3 Å². The summed E-state index contributed by atoms with van der Waals surface area (Å²) in [5.41, 5.74) is -0.465. The Balaban J connectivity index is 2.29. The molecule has 0 aromatic carbocycles. The van der Waals surface area contributed by atoms with Crippen molar-refractivity contribution in [2.45, 2.75) is 24.5 Å². The highest BCUT2D eigenvalue weighted by Gasteiger charge is 2.41. The number of sulfonamides is 1. The standard InChI is InChI=1S/C10H15N3O4S2/c1-6-7(19(11,16)17)18-9(12-6)13-4-3-10(2,5-13)8(14)15/h3-5H2,1-2H3,(H,14,15)(H2,11,16,17). The fraction of sp³-hybridized carbons (Fsp3) is 0.600. The Labute approximate surface area is 115 Å². The van der Waals surface area contributed by atoms with Crippen LogP contribution < -0.4 is 10.0 Å². The first-order chi connectivity index (χ1) is 8.63.